The highest BCUT2D eigenvalue weighted by Gasteiger charge is 2.61. The van der Waals surface area contributed by atoms with E-state index in [1.54, 1.807) is 19.2 Å². The third kappa shape index (κ3) is 16.5. The lowest BCUT2D eigenvalue weighted by Gasteiger charge is -2.41. The first-order chi connectivity index (χ1) is 23.4. The lowest BCUT2D eigenvalue weighted by molar-refractivity contribution is -0.249. The third-order valence-corrected chi connectivity index (χ3v) is 9.55. The molecule has 1 atom stereocenters. The number of allylic oxidation sites excluding steroid dienone is 1. The topological polar surface area (TPSA) is 83.8 Å². The summed E-state index contributed by atoms with van der Waals surface area (Å²) in [6, 6.07) is 5.44. The maximum absolute atomic E-state index is 15.3. The van der Waals surface area contributed by atoms with Crippen LogP contribution in [-0.4, -0.2) is 56.6 Å². The molecule has 0 radical (unpaired) electrons. The van der Waals surface area contributed by atoms with Crippen LogP contribution in [0, 0.1) is 23.7 Å². The van der Waals surface area contributed by atoms with Gasteiger partial charge in [-0.1, -0.05) is 95.7 Å². The standard InChI is InChI=1S/C32H48F4O.C4H6O2.C2H6.CH4O.CH2O/c1-5-6-7-8-24-9-11-25(12-10-24)26-13-17-29(18-14-26)31(33,34)32(35,36)30-19-15-27(16-20-30)28(22-37-4)21-23(2)3;1-4(2-5)3-6;3*1-2/h15-16,19-20,24-26,28-29H,2,5-14,17-18,21-22H2,1,3-4H3;2,6H,1,3H2;1-2H3;2H,1H3;1H2. The van der Waals surface area contributed by atoms with E-state index in [2.05, 4.69) is 20.1 Å². The van der Waals surface area contributed by atoms with Gasteiger partial charge in [-0.15, -0.1) is 6.58 Å². The second kappa shape index (κ2) is 27.4. The molecule has 284 valence electrons. The Kier molecular flexibility index (Phi) is 27.2. The molecule has 2 saturated carbocycles. The van der Waals surface area contributed by atoms with Crippen molar-refractivity contribution in [2.24, 2.45) is 23.7 Å². The zero-order valence-electron chi connectivity index (χ0n) is 31.1. The molecule has 3 rings (SSSR count). The molecule has 5 nitrogen and oxygen atoms in total. The van der Waals surface area contributed by atoms with Crippen molar-refractivity contribution in [1.29, 1.82) is 0 Å². The van der Waals surface area contributed by atoms with Gasteiger partial charge >= 0.3 is 11.8 Å². The highest BCUT2D eigenvalue weighted by molar-refractivity contribution is 5.72. The molecular formula is C40H66F4O5. The first-order valence-corrected chi connectivity index (χ1v) is 17.9. The van der Waals surface area contributed by atoms with Gasteiger partial charge in [0, 0.05) is 37.2 Å². The number of halogens is 4. The Morgan fingerprint density at radius 1 is 0.918 bits per heavy atom. The van der Waals surface area contributed by atoms with Gasteiger partial charge in [0.05, 0.1) is 13.2 Å². The first kappa shape index (κ1) is 48.8. The number of hydrogen-bond acceptors (Lipinski definition) is 5. The number of aldehydes is 1. The smallest absolute Gasteiger partial charge is 0.335 e. The Morgan fingerprint density at radius 3 is 1.80 bits per heavy atom. The summed E-state index contributed by atoms with van der Waals surface area (Å²) in [6.07, 6.45) is 12.9. The Bertz CT molecular complexity index is 998. The van der Waals surface area contributed by atoms with Crippen LogP contribution >= 0.6 is 0 Å². The molecule has 1 aromatic carbocycles. The van der Waals surface area contributed by atoms with E-state index in [0.29, 0.717) is 44.0 Å². The predicted octanol–water partition coefficient (Wildman–Crippen LogP) is 10.5. The van der Waals surface area contributed by atoms with Crippen LogP contribution in [0.1, 0.15) is 128 Å². The van der Waals surface area contributed by atoms with Gasteiger partial charge in [0.15, 0.2) is 0 Å². The van der Waals surface area contributed by atoms with Gasteiger partial charge in [-0.3, -0.25) is 4.79 Å². The summed E-state index contributed by atoms with van der Waals surface area (Å²) in [4.78, 5) is 17.5. The summed E-state index contributed by atoms with van der Waals surface area (Å²) in [5, 5.41) is 15.0. The van der Waals surface area contributed by atoms with Crippen LogP contribution in [0.15, 0.2) is 48.6 Å². The van der Waals surface area contributed by atoms with E-state index in [1.165, 1.54) is 63.5 Å². The SMILES string of the molecule is C=C(C)CC(COC)c1ccc(C(F)(F)C(F)(F)C2CCC(C3CCC(CCCCC)CC3)CC2)cc1.C=C(C=O)CO.C=O.CC.CO. The molecule has 1 aromatic rings. The predicted molar refractivity (Wildman–Crippen MR) is 193 cm³/mol. The third-order valence-electron chi connectivity index (χ3n) is 9.55. The number of unbranched alkanes of at least 4 members (excludes halogenated alkanes) is 2. The molecule has 2 aliphatic rings. The monoisotopic (exact) mass is 702 g/mol. The van der Waals surface area contributed by atoms with E-state index in [-0.39, 0.29) is 30.9 Å². The first-order valence-electron chi connectivity index (χ1n) is 17.9. The molecule has 0 aliphatic heterocycles. The van der Waals surface area contributed by atoms with Crippen LogP contribution in [0.4, 0.5) is 17.6 Å². The highest BCUT2D eigenvalue weighted by Crippen LogP contribution is 2.53. The van der Waals surface area contributed by atoms with Crippen molar-refractivity contribution in [1.82, 2.24) is 0 Å². The Labute approximate surface area is 294 Å². The Hall–Kier alpha value is -2.36. The minimum absolute atomic E-state index is 0.0348. The summed E-state index contributed by atoms with van der Waals surface area (Å²) in [7, 11) is 2.59. The van der Waals surface area contributed by atoms with Crippen LogP contribution in [0.5, 0.6) is 0 Å². The van der Waals surface area contributed by atoms with Crippen molar-refractivity contribution in [2.45, 2.75) is 129 Å². The van der Waals surface area contributed by atoms with Crippen molar-refractivity contribution < 1.29 is 42.1 Å². The van der Waals surface area contributed by atoms with E-state index >= 15 is 17.6 Å². The zero-order valence-corrected chi connectivity index (χ0v) is 31.1. The van der Waals surface area contributed by atoms with Gasteiger partial charge in [0.2, 0.25) is 0 Å². The highest BCUT2D eigenvalue weighted by atomic mass is 19.3. The van der Waals surface area contributed by atoms with Gasteiger partial charge < -0.3 is 19.7 Å². The van der Waals surface area contributed by atoms with Gasteiger partial charge in [-0.25, -0.2) is 0 Å². The molecule has 9 heteroatoms. The van der Waals surface area contributed by atoms with Gasteiger partial charge in [-0.2, -0.15) is 17.6 Å². The average molecular weight is 703 g/mol. The van der Waals surface area contributed by atoms with Crippen molar-refractivity contribution in [2.75, 3.05) is 27.4 Å². The van der Waals surface area contributed by atoms with E-state index in [0.717, 1.165) is 24.2 Å². The lowest BCUT2D eigenvalue weighted by Crippen LogP contribution is -2.46. The maximum Gasteiger partial charge on any atom is 0.335 e. The fourth-order valence-corrected chi connectivity index (χ4v) is 6.93. The number of carbonyl (C=O) groups excluding carboxylic acids is 2. The molecular weight excluding hydrogens is 636 g/mol. The van der Waals surface area contributed by atoms with E-state index in [1.807, 2.05) is 27.6 Å². The number of aliphatic hydroxyl groups excluding tert-OH is 2. The van der Waals surface area contributed by atoms with Crippen molar-refractivity contribution in [3.63, 3.8) is 0 Å². The quantitative estimate of drug-likeness (QED) is 0.0625. The van der Waals surface area contributed by atoms with Crippen molar-refractivity contribution >= 4 is 13.1 Å². The second-order valence-corrected chi connectivity index (χ2v) is 13.0. The Morgan fingerprint density at radius 2 is 1.41 bits per heavy atom. The summed E-state index contributed by atoms with van der Waals surface area (Å²) in [6.45, 7) is 17.4. The number of aliphatic hydroxyl groups is 2. The average Bonchev–Trinajstić information content (AvgIpc) is 3.14. The molecule has 2 fully saturated rings. The number of benzene rings is 1. The molecule has 0 saturated heterocycles. The minimum Gasteiger partial charge on any atom is -0.400 e. The molecule has 2 aliphatic carbocycles. The van der Waals surface area contributed by atoms with E-state index in [9.17, 15) is 4.79 Å². The molecule has 49 heavy (non-hydrogen) atoms. The Balaban J connectivity index is 0. The number of carbonyl (C=O) groups is 2. The fraction of sp³-hybridized carbons (Fsp3) is 0.700. The molecule has 0 heterocycles. The number of alkyl halides is 4. The van der Waals surface area contributed by atoms with Crippen molar-refractivity contribution in [3.8, 4) is 0 Å². The second-order valence-electron chi connectivity index (χ2n) is 13.0. The molecule has 0 spiro atoms. The fourth-order valence-electron chi connectivity index (χ4n) is 6.93. The van der Waals surface area contributed by atoms with E-state index in [4.69, 9.17) is 19.7 Å². The summed E-state index contributed by atoms with van der Waals surface area (Å²) in [5.74, 6) is -7.73. The molecule has 1 unspecified atom stereocenters. The molecule has 0 amide bonds. The van der Waals surface area contributed by atoms with Gasteiger partial charge in [0.25, 0.3) is 0 Å². The minimum atomic E-state index is -4.19. The maximum atomic E-state index is 15.3. The summed E-state index contributed by atoms with van der Waals surface area (Å²) < 4.78 is 66.4. The largest absolute Gasteiger partial charge is 0.400 e. The van der Waals surface area contributed by atoms with Crippen LogP contribution < -0.4 is 0 Å². The number of ether oxygens (including phenoxy) is 1. The van der Waals surface area contributed by atoms with Gasteiger partial charge in [0.1, 0.15) is 13.1 Å². The van der Waals surface area contributed by atoms with E-state index < -0.39 is 23.3 Å². The summed E-state index contributed by atoms with van der Waals surface area (Å²) in [5.41, 5.74) is 1.37. The van der Waals surface area contributed by atoms with Crippen LogP contribution in [-0.2, 0) is 20.2 Å². The molecule has 0 bridgehead atoms. The number of rotatable bonds is 15. The zero-order chi connectivity index (χ0) is 38.0. The van der Waals surface area contributed by atoms with Crippen molar-refractivity contribution in [3.05, 3.63) is 59.7 Å². The van der Waals surface area contributed by atoms with Crippen LogP contribution in [0.3, 0.4) is 0 Å². The number of hydrogen-bond donors (Lipinski definition) is 2. The number of methoxy groups -OCH3 is 1. The van der Waals surface area contributed by atoms with Crippen LogP contribution in [0.2, 0.25) is 0 Å². The summed E-state index contributed by atoms with van der Waals surface area (Å²) >= 11 is 0. The lowest BCUT2D eigenvalue weighted by atomic mass is 9.67. The normalized spacial score (nSPS) is 21.0. The van der Waals surface area contributed by atoms with Crippen LogP contribution in [0.25, 0.3) is 0 Å². The molecule has 2 N–H and O–H groups in total. The molecule has 0 aromatic heterocycles. The van der Waals surface area contributed by atoms with Gasteiger partial charge in [-0.05, 0) is 75.2 Å².